The van der Waals surface area contributed by atoms with Gasteiger partial charge in [-0.15, -0.1) is 0 Å². The number of benzene rings is 9. The van der Waals surface area contributed by atoms with Gasteiger partial charge in [0.2, 0.25) is 0 Å². The number of aliphatic hydroxyl groups is 1. The fourth-order valence-electron chi connectivity index (χ4n) is 14.3. The first-order valence-corrected chi connectivity index (χ1v) is 38.5. The molecular formula is C91H97NO22. The molecule has 0 aliphatic carbocycles. The standard InChI is InChI=1S/C91H97NO22/c1-98-69-46-42-66(43-47-69)56-103-79-75(112-89(102-50-26-10-23-41-76(93)100-3)77(81(79)105-53-63-31-15-6-16-32-63)92-86(95)71-39-24-25-40-72(71)87(92)96)60-110-91-85(114-88(97)68-37-21-9-22-38-68)82(106-57-67-44-48-70(99-2)49-45-67)78(94)73(111-91)59-109-90-84(108-55-65-35-19-8-20-36-65)83(107-54-64-33-17-7-18-34-64)80(104-52-62-29-13-5-14-30-62)74(113-90)58-101-51-61-27-11-4-12-28-61/h4-9,11-22,24-25,27-40,42-49,73-75,77-85,89-91,94H,10,23,26,41,50-60H2,1-3H3/t73-,74-,75-,77-,78+,79-,80+,81-,82+,83+,84-,85-,89-,90+,91-/m1/s1. The highest BCUT2D eigenvalue weighted by Gasteiger charge is 2.57. The summed E-state index contributed by atoms with van der Waals surface area (Å²) in [4.78, 5) is 58.4. The van der Waals surface area contributed by atoms with Crippen molar-refractivity contribution in [2.75, 3.05) is 47.8 Å². The highest BCUT2D eigenvalue weighted by atomic mass is 16.8. The van der Waals surface area contributed by atoms with Gasteiger partial charge in [0, 0.05) is 13.0 Å². The molecule has 0 aromatic heterocycles. The molecule has 23 heteroatoms. The number of carbonyl (C=O) groups is 4. The third kappa shape index (κ3) is 21.9. The van der Waals surface area contributed by atoms with Crippen LogP contribution in [0.15, 0.2) is 255 Å². The molecule has 3 fully saturated rings. The number of imide groups is 1. The lowest BCUT2D eigenvalue weighted by Crippen LogP contribution is -2.67. The molecule has 0 radical (unpaired) electrons. The molecule has 0 unspecified atom stereocenters. The zero-order chi connectivity index (χ0) is 78.8. The lowest BCUT2D eigenvalue weighted by atomic mass is 9.94. The summed E-state index contributed by atoms with van der Waals surface area (Å²) in [7, 11) is 4.47. The van der Waals surface area contributed by atoms with Crippen molar-refractivity contribution in [3.05, 3.63) is 310 Å². The molecule has 1 N–H and O–H groups in total. The van der Waals surface area contributed by atoms with Gasteiger partial charge in [0.25, 0.3) is 11.8 Å². The van der Waals surface area contributed by atoms with Gasteiger partial charge in [-0.3, -0.25) is 19.3 Å². The van der Waals surface area contributed by atoms with E-state index < -0.39 is 123 Å². The molecule has 13 rings (SSSR count). The van der Waals surface area contributed by atoms with E-state index in [2.05, 4.69) is 0 Å². The van der Waals surface area contributed by atoms with Gasteiger partial charge < -0.3 is 85.6 Å². The van der Waals surface area contributed by atoms with Crippen LogP contribution in [0.3, 0.4) is 0 Å². The fraction of sp³-hybridized carbons (Fsp3) is 0.363. The fourth-order valence-corrected chi connectivity index (χ4v) is 14.3. The average molecular weight is 1560 g/mol. The summed E-state index contributed by atoms with van der Waals surface area (Å²) in [6, 6.07) is 76.4. The molecule has 0 saturated carbocycles. The van der Waals surface area contributed by atoms with Crippen LogP contribution in [0.2, 0.25) is 0 Å². The molecular weight excluding hydrogens is 1460 g/mol. The van der Waals surface area contributed by atoms with Gasteiger partial charge in [-0.25, -0.2) is 4.79 Å². The van der Waals surface area contributed by atoms with Gasteiger partial charge in [0.05, 0.1) is 104 Å². The van der Waals surface area contributed by atoms with Crippen LogP contribution >= 0.6 is 0 Å². The Morgan fingerprint density at radius 2 is 0.746 bits per heavy atom. The maximum Gasteiger partial charge on any atom is 0.338 e. The van der Waals surface area contributed by atoms with Crippen LogP contribution < -0.4 is 9.47 Å². The monoisotopic (exact) mass is 1560 g/mol. The predicted octanol–water partition coefficient (Wildman–Crippen LogP) is 12.9. The molecule has 114 heavy (non-hydrogen) atoms. The minimum atomic E-state index is -1.66. The number of ether oxygens (including phenoxy) is 17. The zero-order valence-corrected chi connectivity index (χ0v) is 64.0. The van der Waals surface area contributed by atoms with E-state index in [1.165, 1.54) is 7.11 Å². The number of fused-ring (bicyclic) bond motifs is 1. The second-order valence-electron chi connectivity index (χ2n) is 28.1. The van der Waals surface area contributed by atoms with Gasteiger partial charge in [-0.05, 0) is 100 Å². The van der Waals surface area contributed by atoms with Crippen LogP contribution in [-0.4, -0.2) is 174 Å². The van der Waals surface area contributed by atoms with Gasteiger partial charge in [0.1, 0.15) is 78.6 Å². The quantitative estimate of drug-likeness (QED) is 0.0213. The molecule has 23 nitrogen and oxygen atoms in total. The number of unbranched alkanes of at least 4 members (excludes halogenated alkanes) is 2. The first-order chi connectivity index (χ1) is 56.0. The first kappa shape index (κ1) is 82.1. The molecule has 3 saturated heterocycles. The topological polar surface area (TPSA) is 249 Å². The number of nitrogens with zero attached hydrogens (tertiary/aromatic N) is 1. The molecule has 4 heterocycles. The maximum absolute atomic E-state index is 15.1. The van der Waals surface area contributed by atoms with Crippen LogP contribution in [0.25, 0.3) is 0 Å². The number of esters is 2. The molecule has 0 bridgehead atoms. The summed E-state index contributed by atoms with van der Waals surface area (Å²) in [5.74, 6) is -1.17. The highest BCUT2D eigenvalue weighted by Crippen LogP contribution is 2.40. The van der Waals surface area contributed by atoms with Crippen molar-refractivity contribution in [3.8, 4) is 11.5 Å². The lowest BCUT2D eigenvalue weighted by Gasteiger charge is -2.49. The SMILES string of the molecule is COC(=O)CCCCCO[C@@H]1O[C@H](CO[C@@H]2O[C@H](CO[C@H]3O[C@H](COCc4ccccc4)[C@H](OCc4ccccc4)[C@H](OCc4ccccc4)[C@H]3OCc3ccccc3)[C@H](O)[C@H](OCc3ccc(OC)cc3)[C@H]2OC(=O)c2ccccc2)[C@@H](OCc2ccc(OC)cc2)[C@H](OCc2ccccc2)[C@H]1N1C(=O)c2ccccc2C1=O. The number of rotatable bonds is 40. The van der Waals surface area contributed by atoms with Crippen molar-refractivity contribution in [3.63, 3.8) is 0 Å². The van der Waals surface area contributed by atoms with Gasteiger partial charge in [-0.2, -0.15) is 0 Å². The second-order valence-corrected chi connectivity index (χ2v) is 28.1. The number of carbonyl (C=O) groups excluding carboxylic acids is 4. The largest absolute Gasteiger partial charge is 0.497 e. The number of amides is 2. The van der Waals surface area contributed by atoms with Gasteiger partial charge >= 0.3 is 11.9 Å². The summed E-state index contributed by atoms with van der Waals surface area (Å²) >= 11 is 0. The molecule has 598 valence electrons. The minimum absolute atomic E-state index is 0.00714. The minimum Gasteiger partial charge on any atom is -0.497 e. The smallest absolute Gasteiger partial charge is 0.338 e. The molecule has 4 aliphatic heterocycles. The lowest BCUT2D eigenvalue weighted by molar-refractivity contribution is -0.352. The predicted molar refractivity (Wildman–Crippen MR) is 416 cm³/mol. The van der Waals surface area contributed by atoms with Crippen molar-refractivity contribution < 1.29 is 105 Å². The van der Waals surface area contributed by atoms with E-state index in [1.807, 2.05) is 176 Å². The normalized spacial score (nSPS) is 24.0. The summed E-state index contributed by atoms with van der Waals surface area (Å²) in [6.07, 6.45) is -16.2. The molecule has 4 aliphatic rings. The molecule has 2 amide bonds. The van der Waals surface area contributed by atoms with Crippen LogP contribution in [0.1, 0.15) is 95.7 Å². The molecule has 15 atom stereocenters. The van der Waals surface area contributed by atoms with Gasteiger partial charge in [0.15, 0.2) is 25.0 Å². The van der Waals surface area contributed by atoms with Crippen molar-refractivity contribution in [1.82, 2.24) is 4.90 Å². The van der Waals surface area contributed by atoms with E-state index >= 15 is 9.59 Å². The Bertz CT molecular complexity index is 4370. The van der Waals surface area contributed by atoms with E-state index in [-0.39, 0.29) is 88.5 Å². The summed E-state index contributed by atoms with van der Waals surface area (Å²) < 4.78 is 114. The van der Waals surface area contributed by atoms with E-state index in [9.17, 15) is 14.7 Å². The van der Waals surface area contributed by atoms with Crippen molar-refractivity contribution >= 4 is 23.8 Å². The molecule has 9 aromatic rings. The van der Waals surface area contributed by atoms with E-state index in [1.54, 1.807) is 93.1 Å². The summed E-state index contributed by atoms with van der Waals surface area (Å²) in [6.45, 7) is -0.478. The number of hydrogen-bond acceptors (Lipinski definition) is 22. The number of aliphatic hydroxyl groups excluding tert-OH is 1. The van der Waals surface area contributed by atoms with Crippen LogP contribution in [0.5, 0.6) is 11.5 Å². The van der Waals surface area contributed by atoms with E-state index in [4.69, 9.17) is 80.5 Å². The average Bonchev–Trinajstić information content (AvgIpc) is 1.55. The summed E-state index contributed by atoms with van der Waals surface area (Å²) in [5, 5.41) is 13.3. The highest BCUT2D eigenvalue weighted by molar-refractivity contribution is 6.21. The van der Waals surface area contributed by atoms with Crippen molar-refractivity contribution in [1.29, 1.82) is 0 Å². The third-order valence-electron chi connectivity index (χ3n) is 20.3. The number of hydrogen-bond donors (Lipinski definition) is 1. The third-order valence-corrected chi connectivity index (χ3v) is 20.3. The van der Waals surface area contributed by atoms with Crippen LogP contribution in [-0.2, 0) is 122 Å². The summed E-state index contributed by atoms with van der Waals surface area (Å²) in [5.41, 5.74) is 6.23. The van der Waals surface area contributed by atoms with Gasteiger partial charge in [-0.1, -0.05) is 213 Å². The molecule has 9 aromatic carbocycles. The van der Waals surface area contributed by atoms with E-state index in [0.717, 1.165) is 32.7 Å². The Labute approximate surface area is 663 Å². The molecule has 0 spiro atoms. The zero-order valence-electron chi connectivity index (χ0n) is 64.0. The Hall–Kier alpha value is -9.90. The first-order valence-electron chi connectivity index (χ1n) is 38.5. The Kier molecular flexibility index (Phi) is 30.2. The Morgan fingerprint density at radius 3 is 1.24 bits per heavy atom. The van der Waals surface area contributed by atoms with Crippen molar-refractivity contribution in [2.45, 2.75) is 164 Å². The van der Waals surface area contributed by atoms with Crippen molar-refractivity contribution in [2.24, 2.45) is 0 Å². The van der Waals surface area contributed by atoms with E-state index in [0.29, 0.717) is 41.9 Å². The van der Waals surface area contributed by atoms with Crippen LogP contribution in [0.4, 0.5) is 0 Å². The Morgan fingerprint density at radius 1 is 0.360 bits per heavy atom. The second kappa shape index (κ2) is 41.9. The Balaban J connectivity index is 0.883. The van der Waals surface area contributed by atoms with Crippen LogP contribution in [0, 0.1) is 0 Å². The maximum atomic E-state index is 15.1. The number of methoxy groups -OCH3 is 3.